The summed E-state index contributed by atoms with van der Waals surface area (Å²) < 4.78 is 5.36. The zero-order chi connectivity index (χ0) is 17.6. The number of nitrogens with zero attached hydrogens (tertiary/aromatic N) is 2. The van der Waals surface area contributed by atoms with Crippen LogP contribution in [0.15, 0.2) is 64.6 Å². The second kappa shape index (κ2) is 7.76. The highest BCUT2D eigenvalue weighted by molar-refractivity contribution is 7.09. The lowest BCUT2D eigenvalue weighted by Crippen LogP contribution is -2.31. The summed E-state index contributed by atoms with van der Waals surface area (Å²) in [6.07, 6.45) is 1.77. The van der Waals surface area contributed by atoms with E-state index in [1.54, 1.807) is 40.7 Å². The number of carbonyl (C=O) groups excluding carboxylic acids is 1. The predicted octanol–water partition coefficient (Wildman–Crippen LogP) is 4.02. The van der Waals surface area contributed by atoms with Crippen molar-refractivity contribution in [1.29, 1.82) is 0 Å². The Morgan fingerprint density at radius 3 is 2.52 bits per heavy atom. The van der Waals surface area contributed by atoms with Gasteiger partial charge >= 0.3 is 0 Å². The molecule has 0 bridgehead atoms. The van der Waals surface area contributed by atoms with Crippen molar-refractivity contribution in [2.75, 3.05) is 0 Å². The largest absolute Gasteiger partial charge is 0.467 e. The molecule has 0 unspecified atom stereocenters. The van der Waals surface area contributed by atoms with Crippen LogP contribution in [0.2, 0.25) is 0 Å². The fraction of sp³-hybridized carbons (Fsp3) is 0.167. The Bertz CT molecular complexity index is 790. The normalized spacial score (nSPS) is 10.6. The SMILES string of the molecule is O=C(Cc1ccc([N+](=O)[O-])cc1)N(Cc1ccco1)Cc1cccs1. The van der Waals surface area contributed by atoms with Gasteiger partial charge in [0.15, 0.2) is 0 Å². The van der Waals surface area contributed by atoms with Gasteiger partial charge in [0.05, 0.1) is 30.7 Å². The standard InChI is InChI=1S/C18H16N2O4S/c21-18(11-14-5-7-15(8-6-14)20(22)23)19(12-16-3-1-9-24-16)13-17-4-2-10-25-17/h1-10H,11-13H2. The Kier molecular flexibility index (Phi) is 5.25. The summed E-state index contributed by atoms with van der Waals surface area (Å²) >= 11 is 1.59. The number of benzene rings is 1. The Morgan fingerprint density at radius 2 is 1.92 bits per heavy atom. The Hall–Kier alpha value is -2.93. The summed E-state index contributed by atoms with van der Waals surface area (Å²) in [7, 11) is 0. The molecule has 1 amide bonds. The minimum atomic E-state index is -0.453. The van der Waals surface area contributed by atoms with Gasteiger partial charge in [-0.1, -0.05) is 18.2 Å². The first-order valence-electron chi connectivity index (χ1n) is 7.67. The Labute approximate surface area is 148 Å². The lowest BCUT2D eigenvalue weighted by molar-refractivity contribution is -0.384. The summed E-state index contributed by atoms with van der Waals surface area (Å²) in [5, 5.41) is 12.7. The molecule has 0 aliphatic rings. The van der Waals surface area contributed by atoms with E-state index < -0.39 is 4.92 Å². The zero-order valence-electron chi connectivity index (χ0n) is 13.3. The number of amides is 1. The maximum absolute atomic E-state index is 12.7. The topological polar surface area (TPSA) is 76.6 Å². The fourth-order valence-electron chi connectivity index (χ4n) is 2.44. The van der Waals surface area contributed by atoms with E-state index in [9.17, 15) is 14.9 Å². The molecule has 7 heteroatoms. The minimum absolute atomic E-state index is 0.0160. The molecule has 0 saturated heterocycles. The monoisotopic (exact) mass is 356 g/mol. The van der Waals surface area contributed by atoms with E-state index in [1.807, 2.05) is 23.6 Å². The van der Waals surface area contributed by atoms with Crippen molar-refractivity contribution in [2.24, 2.45) is 0 Å². The Balaban J connectivity index is 1.72. The van der Waals surface area contributed by atoms with Crippen LogP contribution in [-0.4, -0.2) is 15.7 Å². The lowest BCUT2D eigenvalue weighted by atomic mass is 10.1. The molecule has 6 nitrogen and oxygen atoms in total. The van der Waals surface area contributed by atoms with Crippen LogP contribution in [0.25, 0.3) is 0 Å². The molecule has 3 aromatic rings. The molecule has 0 atom stereocenters. The van der Waals surface area contributed by atoms with Crippen molar-refractivity contribution in [3.8, 4) is 0 Å². The number of carbonyl (C=O) groups is 1. The van der Waals surface area contributed by atoms with Crippen molar-refractivity contribution in [1.82, 2.24) is 4.90 Å². The maximum atomic E-state index is 12.7. The smallest absolute Gasteiger partial charge is 0.269 e. The van der Waals surface area contributed by atoms with Gasteiger partial charge in [-0.3, -0.25) is 14.9 Å². The van der Waals surface area contributed by atoms with Crippen LogP contribution >= 0.6 is 11.3 Å². The number of non-ortho nitro benzene ring substituents is 1. The van der Waals surface area contributed by atoms with E-state index in [4.69, 9.17) is 4.42 Å². The van der Waals surface area contributed by atoms with Gasteiger partial charge in [0.2, 0.25) is 5.91 Å². The van der Waals surface area contributed by atoms with Gasteiger partial charge in [-0.05, 0) is 29.1 Å². The summed E-state index contributed by atoms with van der Waals surface area (Å²) in [5.41, 5.74) is 0.758. The molecule has 2 aromatic heterocycles. The summed E-state index contributed by atoms with van der Waals surface area (Å²) in [4.78, 5) is 25.8. The zero-order valence-corrected chi connectivity index (χ0v) is 14.1. The van der Waals surface area contributed by atoms with Gasteiger partial charge in [0.25, 0.3) is 5.69 Å². The first-order chi connectivity index (χ1) is 12.1. The highest BCUT2D eigenvalue weighted by Crippen LogP contribution is 2.17. The molecule has 128 valence electrons. The summed E-state index contributed by atoms with van der Waals surface area (Å²) in [6.45, 7) is 0.890. The highest BCUT2D eigenvalue weighted by atomic mass is 32.1. The molecular formula is C18H16N2O4S. The molecule has 0 radical (unpaired) electrons. The average Bonchev–Trinajstić information content (AvgIpc) is 3.28. The highest BCUT2D eigenvalue weighted by Gasteiger charge is 2.17. The number of hydrogen-bond acceptors (Lipinski definition) is 5. The second-order valence-electron chi connectivity index (χ2n) is 5.51. The number of rotatable bonds is 7. The molecular weight excluding hydrogens is 340 g/mol. The van der Waals surface area contributed by atoms with Gasteiger partial charge in [0.1, 0.15) is 5.76 Å². The van der Waals surface area contributed by atoms with Crippen LogP contribution in [0.1, 0.15) is 16.2 Å². The van der Waals surface area contributed by atoms with E-state index in [1.165, 1.54) is 12.1 Å². The predicted molar refractivity (Wildman–Crippen MR) is 94.1 cm³/mol. The first kappa shape index (κ1) is 16.9. The van der Waals surface area contributed by atoms with Crippen LogP contribution in [0.5, 0.6) is 0 Å². The van der Waals surface area contributed by atoms with Crippen LogP contribution < -0.4 is 0 Å². The number of nitro groups is 1. The molecule has 0 fully saturated rings. The third kappa shape index (κ3) is 4.54. The number of nitro benzene ring substituents is 1. The molecule has 0 N–H and O–H groups in total. The maximum Gasteiger partial charge on any atom is 0.269 e. The van der Waals surface area contributed by atoms with Crippen molar-refractivity contribution in [3.63, 3.8) is 0 Å². The van der Waals surface area contributed by atoms with Crippen molar-refractivity contribution in [2.45, 2.75) is 19.5 Å². The average molecular weight is 356 g/mol. The lowest BCUT2D eigenvalue weighted by Gasteiger charge is -2.21. The van der Waals surface area contributed by atoms with Crippen molar-refractivity contribution >= 4 is 22.9 Å². The van der Waals surface area contributed by atoms with Gasteiger partial charge in [-0.25, -0.2) is 0 Å². The van der Waals surface area contributed by atoms with Gasteiger partial charge in [-0.15, -0.1) is 11.3 Å². The van der Waals surface area contributed by atoms with E-state index >= 15 is 0 Å². The summed E-state index contributed by atoms with van der Waals surface area (Å²) in [5.74, 6) is 0.659. The van der Waals surface area contributed by atoms with Crippen LogP contribution in [0.4, 0.5) is 5.69 Å². The van der Waals surface area contributed by atoms with Crippen LogP contribution in [-0.2, 0) is 24.3 Å². The quantitative estimate of drug-likeness (QED) is 0.473. The molecule has 0 aliphatic heterocycles. The molecule has 3 rings (SSSR count). The van der Waals surface area contributed by atoms with E-state index in [0.29, 0.717) is 18.8 Å². The summed E-state index contributed by atoms with van der Waals surface area (Å²) in [6, 6.07) is 13.6. The Morgan fingerprint density at radius 1 is 1.12 bits per heavy atom. The van der Waals surface area contributed by atoms with E-state index in [-0.39, 0.29) is 18.0 Å². The van der Waals surface area contributed by atoms with Crippen molar-refractivity contribution < 1.29 is 14.1 Å². The minimum Gasteiger partial charge on any atom is -0.467 e. The third-order valence-corrected chi connectivity index (χ3v) is 4.57. The second-order valence-corrected chi connectivity index (χ2v) is 6.54. The van der Waals surface area contributed by atoms with Gasteiger partial charge in [0, 0.05) is 17.0 Å². The third-order valence-electron chi connectivity index (χ3n) is 3.71. The fourth-order valence-corrected chi connectivity index (χ4v) is 3.15. The van der Waals surface area contributed by atoms with E-state index in [0.717, 1.165) is 10.4 Å². The molecule has 0 saturated carbocycles. The molecule has 2 heterocycles. The number of hydrogen-bond donors (Lipinski definition) is 0. The van der Waals surface area contributed by atoms with Gasteiger partial charge in [-0.2, -0.15) is 0 Å². The van der Waals surface area contributed by atoms with Crippen LogP contribution in [0, 0.1) is 10.1 Å². The molecule has 25 heavy (non-hydrogen) atoms. The van der Waals surface area contributed by atoms with Gasteiger partial charge < -0.3 is 9.32 Å². The molecule has 1 aromatic carbocycles. The van der Waals surface area contributed by atoms with Crippen molar-refractivity contribution in [3.05, 3.63) is 86.5 Å². The first-order valence-corrected chi connectivity index (χ1v) is 8.55. The number of thiophene rings is 1. The molecule has 0 aliphatic carbocycles. The van der Waals surface area contributed by atoms with E-state index in [2.05, 4.69) is 0 Å². The number of furan rings is 1. The molecule has 0 spiro atoms. The van der Waals surface area contributed by atoms with Crippen LogP contribution in [0.3, 0.4) is 0 Å².